The molecule has 0 unspecified atom stereocenters. The summed E-state index contributed by atoms with van der Waals surface area (Å²) in [5.41, 5.74) is 0.912. The molecule has 3 nitrogen and oxygen atoms in total. The molecular formula is C7H4ClNO2S. The van der Waals surface area contributed by atoms with Crippen molar-refractivity contribution in [2.45, 2.75) is 6.42 Å². The number of hydrogen-bond donors (Lipinski definition) is 1. The summed E-state index contributed by atoms with van der Waals surface area (Å²) in [5, 5.41) is 8.61. The van der Waals surface area contributed by atoms with Gasteiger partial charge in [-0.25, -0.2) is 9.79 Å². The van der Waals surface area contributed by atoms with Crippen LogP contribution in [0.3, 0.4) is 0 Å². The lowest BCUT2D eigenvalue weighted by Gasteiger charge is -1.87. The fourth-order valence-corrected chi connectivity index (χ4v) is 2.28. The van der Waals surface area contributed by atoms with E-state index in [1.165, 1.54) is 11.3 Å². The Morgan fingerprint density at radius 3 is 3.08 bits per heavy atom. The Morgan fingerprint density at radius 2 is 2.50 bits per heavy atom. The van der Waals surface area contributed by atoms with Gasteiger partial charge in [-0.1, -0.05) is 11.6 Å². The molecule has 62 valence electrons. The fraction of sp³-hybridized carbons (Fsp3) is 0.143. The Balaban J connectivity index is 2.39. The van der Waals surface area contributed by atoms with Crippen molar-refractivity contribution in [3.8, 4) is 0 Å². The lowest BCUT2D eigenvalue weighted by Crippen LogP contribution is -2.11. The van der Waals surface area contributed by atoms with E-state index < -0.39 is 5.97 Å². The van der Waals surface area contributed by atoms with Gasteiger partial charge < -0.3 is 5.11 Å². The largest absolute Gasteiger partial charge is 0.477 e. The number of aliphatic imine (C=N–C) groups is 1. The van der Waals surface area contributed by atoms with Crippen LogP contribution in [0.4, 0.5) is 5.69 Å². The predicted octanol–water partition coefficient (Wildman–Crippen LogP) is 2.11. The number of hydrogen-bond acceptors (Lipinski definition) is 3. The Labute approximate surface area is 77.3 Å². The molecule has 1 aromatic heterocycles. The topological polar surface area (TPSA) is 49.7 Å². The summed E-state index contributed by atoms with van der Waals surface area (Å²) < 4.78 is 0.660. The molecule has 0 saturated carbocycles. The van der Waals surface area contributed by atoms with E-state index >= 15 is 0 Å². The normalized spacial score (nSPS) is 14.2. The van der Waals surface area contributed by atoms with Crippen LogP contribution in [0, 0.1) is 0 Å². The quantitative estimate of drug-likeness (QED) is 0.757. The Bertz CT molecular complexity index is 383. The number of carboxylic acids is 1. The smallest absolute Gasteiger partial charge is 0.350 e. The van der Waals surface area contributed by atoms with E-state index in [0.717, 1.165) is 4.88 Å². The number of aliphatic carboxylic acids is 1. The summed E-state index contributed by atoms with van der Waals surface area (Å²) in [6, 6.07) is 1.69. The minimum absolute atomic E-state index is 0.202. The van der Waals surface area contributed by atoms with Gasteiger partial charge in [-0.2, -0.15) is 0 Å². The van der Waals surface area contributed by atoms with Crippen LogP contribution < -0.4 is 0 Å². The van der Waals surface area contributed by atoms with Gasteiger partial charge in [0.15, 0.2) is 0 Å². The zero-order valence-electron chi connectivity index (χ0n) is 5.87. The zero-order valence-corrected chi connectivity index (χ0v) is 7.45. The molecule has 0 saturated heterocycles. The van der Waals surface area contributed by atoms with E-state index in [9.17, 15) is 4.79 Å². The fourth-order valence-electron chi connectivity index (χ4n) is 1.07. The Kier molecular flexibility index (Phi) is 1.66. The van der Waals surface area contributed by atoms with Gasteiger partial charge in [0.25, 0.3) is 0 Å². The number of fused-ring (bicyclic) bond motifs is 1. The summed E-state index contributed by atoms with van der Waals surface area (Å²) >= 11 is 7.09. The minimum atomic E-state index is -0.950. The maximum absolute atomic E-state index is 10.5. The number of halogens is 1. The molecule has 12 heavy (non-hydrogen) atoms. The molecule has 1 aliphatic rings. The van der Waals surface area contributed by atoms with Crippen LogP contribution in [0.15, 0.2) is 11.1 Å². The van der Waals surface area contributed by atoms with Crippen LogP contribution >= 0.6 is 22.9 Å². The molecule has 0 aliphatic carbocycles. The molecule has 0 bridgehead atoms. The first-order chi connectivity index (χ1) is 5.66. The highest BCUT2D eigenvalue weighted by Crippen LogP contribution is 2.37. The van der Waals surface area contributed by atoms with Crippen molar-refractivity contribution in [2.75, 3.05) is 0 Å². The van der Waals surface area contributed by atoms with Gasteiger partial charge in [-0.15, -0.1) is 11.3 Å². The van der Waals surface area contributed by atoms with Gasteiger partial charge in [-0.3, -0.25) is 0 Å². The molecule has 0 spiro atoms. The van der Waals surface area contributed by atoms with Gasteiger partial charge in [-0.05, 0) is 6.07 Å². The summed E-state index contributed by atoms with van der Waals surface area (Å²) in [4.78, 5) is 15.4. The second-order valence-electron chi connectivity index (χ2n) is 2.40. The Hall–Kier alpha value is -0.870. The molecule has 0 fully saturated rings. The first-order valence-corrected chi connectivity index (χ1v) is 4.45. The van der Waals surface area contributed by atoms with Crippen LogP contribution in [-0.4, -0.2) is 16.8 Å². The first-order valence-electron chi connectivity index (χ1n) is 3.26. The highest BCUT2D eigenvalue weighted by Gasteiger charge is 2.21. The molecule has 0 aromatic carbocycles. The second kappa shape index (κ2) is 2.57. The number of rotatable bonds is 1. The monoisotopic (exact) mass is 201 g/mol. The molecule has 1 aromatic rings. The highest BCUT2D eigenvalue weighted by molar-refractivity contribution is 7.17. The molecular weight excluding hydrogens is 198 g/mol. The van der Waals surface area contributed by atoms with Gasteiger partial charge >= 0.3 is 5.97 Å². The van der Waals surface area contributed by atoms with Crippen LogP contribution in [0.1, 0.15) is 4.88 Å². The molecule has 1 aliphatic heterocycles. The maximum atomic E-state index is 10.5. The van der Waals surface area contributed by atoms with Crippen molar-refractivity contribution >= 4 is 40.3 Å². The molecule has 1 N–H and O–H groups in total. The highest BCUT2D eigenvalue weighted by atomic mass is 35.5. The third-order valence-electron chi connectivity index (χ3n) is 1.59. The van der Waals surface area contributed by atoms with E-state index in [1.54, 1.807) is 6.07 Å². The van der Waals surface area contributed by atoms with Crippen molar-refractivity contribution < 1.29 is 9.90 Å². The van der Waals surface area contributed by atoms with Crippen molar-refractivity contribution in [2.24, 2.45) is 4.99 Å². The Morgan fingerprint density at radius 1 is 1.75 bits per heavy atom. The lowest BCUT2D eigenvalue weighted by atomic mass is 10.3. The molecule has 2 rings (SSSR count). The van der Waals surface area contributed by atoms with E-state index in [1.807, 2.05) is 0 Å². The van der Waals surface area contributed by atoms with E-state index in [-0.39, 0.29) is 5.71 Å². The molecule has 0 radical (unpaired) electrons. The third-order valence-corrected chi connectivity index (χ3v) is 2.84. The van der Waals surface area contributed by atoms with Crippen molar-refractivity contribution in [1.29, 1.82) is 0 Å². The van der Waals surface area contributed by atoms with Gasteiger partial charge in [0, 0.05) is 11.3 Å². The second-order valence-corrected chi connectivity index (χ2v) is 4.17. The van der Waals surface area contributed by atoms with Crippen molar-refractivity contribution in [3.05, 3.63) is 15.3 Å². The predicted molar refractivity (Wildman–Crippen MR) is 47.8 cm³/mol. The molecule has 2 heterocycles. The van der Waals surface area contributed by atoms with Gasteiger partial charge in [0.1, 0.15) is 5.71 Å². The number of nitrogens with zero attached hydrogens (tertiary/aromatic N) is 1. The molecule has 0 amide bonds. The molecule has 0 atom stereocenters. The van der Waals surface area contributed by atoms with Crippen LogP contribution in [-0.2, 0) is 11.2 Å². The number of carboxylic acid groups (broad SMARTS) is 1. The number of carbonyl (C=O) groups is 1. The van der Waals surface area contributed by atoms with E-state index in [4.69, 9.17) is 16.7 Å². The van der Waals surface area contributed by atoms with Crippen LogP contribution in [0.25, 0.3) is 0 Å². The third kappa shape index (κ3) is 1.13. The standard InChI is InChI=1S/C7H4ClNO2S/c8-6-2-3-5(12-6)1-4(9-3)7(10)11/h2H,1H2,(H,10,11). The van der Waals surface area contributed by atoms with Crippen molar-refractivity contribution in [3.63, 3.8) is 0 Å². The summed E-state index contributed by atoms with van der Waals surface area (Å²) in [7, 11) is 0. The van der Waals surface area contributed by atoms with E-state index in [2.05, 4.69) is 4.99 Å². The maximum Gasteiger partial charge on any atom is 0.350 e. The first kappa shape index (κ1) is 7.76. The lowest BCUT2D eigenvalue weighted by molar-refractivity contribution is -0.129. The van der Waals surface area contributed by atoms with Crippen LogP contribution in [0.5, 0.6) is 0 Å². The van der Waals surface area contributed by atoms with Gasteiger partial charge in [0.2, 0.25) is 0 Å². The summed E-state index contributed by atoms with van der Waals surface area (Å²) in [6.07, 6.45) is 0.405. The zero-order chi connectivity index (χ0) is 8.72. The average molecular weight is 202 g/mol. The summed E-state index contributed by atoms with van der Waals surface area (Å²) in [6.45, 7) is 0. The minimum Gasteiger partial charge on any atom is -0.477 e. The molecule has 5 heteroatoms. The van der Waals surface area contributed by atoms with E-state index in [0.29, 0.717) is 16.4 Å². The van der Waals surface area contributed by atoms with Crippen molar-refractivity contribution in [1.82, 2.24) is 0 Å². The van der Waals surface area contributed by atoms with Crippen LogP contribution in [0.2, 0.25) is 4.34 Å². The SMILES string of the molecule is O=C(O)C1=Nc2cc(Cl)sc2C1. The average Bonchev–Trinajstić information content (AvgIpc) is 2.42. The number of thiophene rings is 1. The van der Waals surface area contributed by atoms with Gasteiger partial charge in [0.05, 0.1) is 10.0 Å². The summed E-state index contributed by atoms with van der Waals surface area (Å²) in [5.74, 6) is -0.950.